The summed E-state index contributed by atoms with van der Waals surface area (Å²) in [6, 6.07) is 0. The summed E-state index contributed by atoms with van der Waals surface area (Å²) in [6.07, 6.45) is 1.04. The smallest absolute Gasteiger partial charge is 0.408 e. The Kier molecular flexibility index (Phi) is 4.60. The molecule has 128 valence electrons. The SMILES string of the molecule is Cn1ncnc1CN1CCC(NC(=O)OC(C)(C)C)(C(=O)O)C1. The first kappa shape index (κ1) is 17.2. The van der Waals surface area contributed by atoms with E-state index in [4.69, 9.17) is 4.74 Å². The molecule has 1 aliphatic heterocycles. The first-order valence-corrected chi connectivity index (χ1v) is 7.41. The number of nitrogens with one attached hydrogen (secondary N) is 1. The maximum atomic E-state index is 12.0. The summed E-state index contributed by atoms with van der Waals surface area (Å²) in [5.41, 5.74) is -2.03. The number of carbonyl (C=O) groups is 2. The summed E-state index contributed by atoms with van der Waals surface area (Å²) in [5, 5.41) is 16.1. The molecule has 1 aliphatic rings. The fourth-order valence-corrected chi connectivity index (χ4v) is 2.52. The van der Waals surface area contributed by atoms with Crippen LogP contribution in [0.15, 0.2) is 6.33 Å². The number of hydrogen-bond acceptors (Lipinski definition) is 6. The van der Waals surface area contributed by atoms with Crippen LogP contribution in [0.2, 0.25) is 0 Å². The third-order valence-electron chi connectivity index (χ3n) is 3.67. The Balaban J connectivity index is 2.04. The van der Waals surface area contributed by atoms with Crippen LogP contribution in [0.4, 0.5) is 4.79 Å². The highest BCUT2D eigenvalue weighted by Crippen LogP contribution is 2.24. The van der Waals surface area contributed by atoms with E-state index in [2.05, 4.69) is 15.4 Å². The minimum Gasteiger partial charge on any atom is -0.479 e. The van der Waals surface area contributed by atoms with Gasteiger partial charge < -0.3 is 15.2 Å². The summed E-state index contributed by atoms with van der Waals surface area (Å²) in [5.74, 6) is -0.327. The lowest BCUT2D eigenvalue weighted by Crippen LogP contribution is -2.57. The van der Waals surface area contributed by atoms with Crippen LogP contribution in [-0.4, -0.2) is 61.1 Å². The van der Waals surface area contributed by atoms with Crippen molar-refractivity contribution in [2.75, 3.05) is 13.1 Å². The number of carbonyl (C=O) groups excluding carboxylic acids is 1. The van der Waals surface area contributed by atoms with Crippen molar-refractivity contribution in [2.24, 2.45) is 7.05 Å². The standard InChI is InChI=1S/C14H23N5O4/c1-13(2,3)23-12(22)17-14(11(20)21)5-6-19(8-14)7-10-15-9-16-18(10)4/h9H,5-8H2,1-4H3,(H,17,22)(H,20,21). The fraction of sp³-hybridized carbons (Fsp3) is 0.714. The van der Waals surface area contributed by atoms with Gasteiger partial charge in [0, 0.05) is 20.1 Å². The maximum absolute atomic E-state index is 12.0. The molecule has 1 atom stereocenters. The number of aromatic nitrogens is 3. The number of aliphatic carboxylic acids is 1. The summed E-state index contributed by atoms with van der Waals surface area (Å²) in [4.78, 5) is 29.7. The number of amides is 1. The van der Waals surface area contributed by atoms with Gasteiger partial charge in [0.1, 0.15) is 17.8 Å². The topological polar surface area (TPSA) is 110 Å². The van der Waals surface area contributed by atoms with Crippen LogP contribution in [0.25, 0.3) is 0 Å². The van der Waals surface area contributed by atoms with Crippen molar-refractivity contribution in [1.82, 2.24) is 25.0 Å². The molecule has 0 bridgehead atoms. The zero-order valence-corrected chi connectivity index (χ0v) is 13.9. The Morgan fingerprint density at radius 3 is 2.70 bits per heavy atom. The third kappa shape index (κ3) is 4.19. The molecule has 9 nitrogen and oxygen atoms in total. The lowest BCUT2D eigenvalue weighted by Gasteiger charge is -2.28. The highest BCUT2D eigenvalue weighted by atomic mass is 16.6. The highest BCUT2D eigenvalue weighted by Gasteiger charge is 2.47. The molecular weight excluding hydrogens is 302 g/mol. The van der Waals surface area contributed by atoms with Gasteiger partial charge in [0.05, 0.1) is 6.54 Å². The monoisotopic (exact) mass is 325 g/mol. The quantitative estimate of drug-likeness (QED) is 0.823. The molecule has 1 saturated heterocycles. The number of hydrogen-bond donors (Lipinski definition) is 2. The molecule has 2 rings (SSSR count). The van der Waals surface area contributed by atoms with Crippen molar-refractivity contribution in [3.63, 3.8) is 0 Å². The van der Waals surface area contributed by atoms with Crippen molar-refractivity contribution in [3.8, 4) is 0 Å². The Bertz CT molecular complexity index is 594. The van der Waals surface area contributed by atoms with Gasteiger partial charge in [-0.1, -0.05) is 0 Å². The van der Waals surface area contributed by atoms with E-state index in [-0.39, 0.29) is 6.54 Å². The number of alkyl carbamates (subject to hydrolysis) is 1. The third-order valence-corrected chi connectivity index (χ3v) is 3.67. The summed E-state index contributed by atoms with van der Waals surface area (Å²) in [7, 11) is 1.78. The molecule has 0 aromatic carbocycles. The van der Waals surface area contributed by atoms with E-state index in [0.29, 0.717) is 19.5 Å². The van der Waals surface area contributed by atoms with Crippen LogP contribution in [0.1, 0.15) is 33.0 Å². The van der Waals surface area contributed by atoms with Crippen LogP contribution < -0.4 is 5.32 Å². The number of aryl methyl sites for hydroxylation is 1. The van der Waals surface area contributed by atoms with Gasteiger partial charge in [-0.05, 0) is 27.2 Å². The number of likely N-dealkylation sites (tertiary alicyclic amines) is 1. The molecule has 1 unspecified atom stereocenters. The van der Waals surface area contributed by atoms with Gasteiger partial charge in [0.15, 0.2) is 5.54 Å². The van der Waals surface area contributed by atoms with Crippen molar-refractivity contribution >= 4 is 12.1 Å². The predicted molar refractivity (Wildman–Crippen MR) is 80.6 cm³/mol. The molecule has 1 fully saturated rings. The lowest BCUT2D eigenvalue weighted by molar-refractivity contribution is -0.144. The lowest BCUT2D eigenvalue weighted by atomic mass is 9.99. The second-order valence-corrected chi connectivity index (χ2v) is 6.77. The molecular formula is C14H23N5O4. The summed E-state index contributed by atoms with van der Waals surface area (Å²) in [6.45, 7) is 6.39. The van der Waals surface area contributed by atoms with E-state index in [1.54, 1.807) is 32.5 Å². The number of ether oxygens (including phenoxy) is 1. The van der Waals surface area contributed by atoms with Crippen LogP contribution in [0, 0.1) is 0 Å². The van der Waals surface area contributed by atoms with Crippen molar-refractivity contribution in [3.05, 3.63) is 12.2 Å². The Hall–Kier alpha value is -2.16. The van der Waals surface area contributed by atoms with E-state index < -0.39 is 23.2 Å². The van der Waals surface area contributed by atoms with Gasteiger partial charge in [-0.25, -0.2) is 14.6 Å². The van der Waals surface area contributed by atoms with Gasteiger partial charge in [-0.3, -0.25) is 9.58 Å². The maximum Gasteiger partial charge on any atom is 0.408 e. The fourth-order valence-electron chi connectivity index (χ4n) is 2.52. The molecule has 1 aromatic rings. The minimum atomic E-state index is -1.35. The largest absolute Gasteiger partial charge is 0.479 e. The molecule has 0 aliphatic carbocycles. The molecule has 9 heteroatoms. The zero-order chi connectivity index (χ0) is 17.3. The minimum absolute atomic E-state index is 0.189. The molecule has 0 radical (unpaired) electrons. The van der Waals surface area contributed by atoms with E-state index in [0.717, 1.165) is 5.82 Å². The van der Waals surface area contributed by atoms with Gasteiger partial charge >= 0.3 is 12.1 Å². The van der Waals surface area contributed by atoms with Gasteiger partial charge in [-0.15, -0.1) is 0 Å². The predicted octanol–water partition coefficient (Wildman–Crippen LogP) is 0.369. The zero-order valence-electron chi connectivity index (χ0n) is 13.9. The summed E-state index contributed by atoms with van der Waals surface area (Å²) >= 11 is 0. The van der Waals surface area contributed by atoms with E-state index in [1.807, 2.05) is 4.90 Å². The van der Waals surface area contributed by atoms with Crippen LogP contribution >= 0.6 is 0 Å². The number of carboxylic acid groups (broad SMARTS) is 1. The Morgan fingerprint density at radius 1 is 1.48 bits per heavy atom. The van der Waals surface area contributed by atoms with Crippen LogP contribution in [0.3, 0.4) is 0 Å². The van der Waals surface area contributed by atoms with Crippen molar-refractivity contribution < 1.29 is 19.4 Å². The highest BCUT2D eigenvalue weighted by molar-refractivity contribution is 5.85. The van der Waals surface area contributed by atoms with E-state index >= 15 is 0 Å². The Morgan fingerprint density at radius 2 is 2.17 bits per heavy atom. The van der Waals surface area contributed by atoms with E-state index in [9.17, 15) is 14.7 Å². The van der Waals surface area contributed by atoms with Crippen LogP contribution in [-0.2, 0) is 23.1 Å². The number of rotatable bonds is 4. The first-order valence-electron chi connectivity index (χ1n) is 7.41. The van der Waals surface area contributed by atoms with Gasteiger partial charge in [0.2, 0.25) is 0 Å². The second-order valence-electron chi connectivity index (χ2n) is 6.77. The van der Waals surface area contributed by atoms with Gasteiger partial charge in [0.25, 0.3) is 0 Å². The second kappa shape index (κ2) is 6.15. The molecule has 23 heavy (non-hydrogen) atoms. The number of nitrogens with zero attached hydrogens (tertiary/aromatic N) is 4. The van der Waals surface area contributed by atoms with E-state index in [1.165, 1.54) is 6.33 Å². The Labute approximate surface area is 134 Å². The first-order chi connectivity index (χ1) is 10.6. The van der Waals surface area contributed by atoms with Gasteiger partial charge in [-0.2, -0.15) is 5.10 Å². The molecule has 2 N–H and O–H groups in total. The summed E-state index contributed by atoms with van der Waals surface area (Å²) < 4.78 is 6.82. The molecule has 0 saturated carbocycles. The molecule has 0 spiro atoms. The normalized spacial score (nSPS) is 22.1. The molecule has 1 amide bonds. The molecule has 1 aromatic heterocycles. The molecule has 2 heterocycles. The number of carboxylic acids is 1. The van der Waals surface area contributed by atoms with Crippen molar-refractivity contribution in [1.29, 1.82) is 0 Å². The van der Waals surface area contributed by atoms with Crippen LogP contribution in [0.5, 0.6) is 0 Å². The van der Waals surface area contributed by atoms with Crippen molar-refractivity contribution in [2.45, 2.75) is 44.9 Å². The average molecular weight is 325 g/mol. The average Bonchev–Trinajstić information content (AvgIpc) is 2.96.